The number of nitrogens with zero attached hydrogens (tertiary/aromatic N) is 2. The van der Waals surface area contributed by atoms with Gasteiger partial charge in [0.25, 0.3) is 0 Å². The minimum atomic E-state index is -0.532. The molecule has 1 N–H and O–H groups in total. The summed E-state index contributed by atoms with van der Waals surface area (Å²) >= 11 is 0. The second-order valence-corrected chi connectivity index (χ2v) is 8.01. The smallest absolute Gasteiger partial charge is 0.412 e. The Hall–Kier alpha value is -2.08. The van der Waals surface area contributed by atoms with Gasteiger partial charge in [0.1, 0.15) is 5.60 Å². The summed E-state index contributed by atoms with van der Waals surface area (Å²) in [5.74, 6) is 0.154. The van der Waals surface area contributed by atoms with Gasteiger partial charge in [0.2, 0.25) is 5.91 Å². The van der Waals surface area contributed by atoms with E-state index in [9.17, 15) is 9.59 Å². The average molecular weight is 361 g/mol. The van der Waals surface area contributed by atoms with Crippen molar-refractivity contribution in [3.63, 3.8) is 0 Å². The standard InChI is InChI=1S/C20H31N3O3/c1-15(2)22-10-12-23(13-11-22)18(24)14-16-6-8-17(9-7-16)21-19(25)26-20(3,4)5/h6-9,15H,10-14H2,1-5H3,(H,21,25). The zero-order valence-corrected chi connectivity index (χ0v) is 16.5. The van der Waals surface area contributed by atoms with Gasteiger partial charge in [0, 0.05) is 37.9 Å². The lowest BCUT2D eigenvalue weighted by Gasteiger charge is -2.37. The quantitative estimate of drug-likeness (QED) is 0.895. The van der Waals surface area contributed by atoms with Gasteiger partial charge in [-0.2, -0.15) is 0 Å². The highest BCUT2D eigenvalue weighted by atomic mass is 16.6. The molecule has 1 aliphatic heterocycles. The molecule has 0 unspecified atom stereocenters. The van der Waals surface area contributed by atoms with Crippen LogP contribution in [0.3, 0.4) is 0 Å². The van der Waals surface area contributed by atoms with Crippen molar-refractivity contribution in [2.24, 2.45) is 0 Å². The fourth-order valence-corrected chi connectivity index (χ4v) is 2.90. The Bertz CT molecular complexity index is 612. The first kappa shape index (κ1) is 20.2. The lowest BCUT2D eigenvalue weighted by atomic mass is 10.1. The summed E-state index contributed by atoms with van der Waals surface area (Å²) in [6.45, 7) is 13.3. The van der Waals surface area contributed by atoms with E-state index < -0.39 is 11.7 Å². The van der Waals surface area contributed by atoms with Gasteiger partial charge in [-0.05, 0) is 52.3 Å². The molecule has 1 aromatic carbocycles. The summed E-state index contributed by atoms with van der Waals surface area (Å²) < 4.78 is 5.23. The number of piperazine rings is 1. The van der Waals surface area contributed by atoms with E-state index in [2.05, 4.69) is 24.1 Å². The number of benzene rings is 1. The number of carbonyl (C=O) groups excluding carboxylic acids is 2. The van der Waals surface area contributed by atoms with Gasteiger partial charge in [-0.1, -0.05) is 12.1 Å². The molecule has 0 saturated carbocycles. The summed E-state index contributed by atoms with van der Waals surface area (Å²) in [7, 11) is 0. The third kappa shape index (κ3) is 6.33. The summed E-state index contributed by atoms with van der Waals surface area (Å²) in [6, 6.07) is 7.86. The largest absolute Gasteiger partial charge is 0.444 e. The number of hydrogen-bond donors (Lipinski definition) is 1. The fraction of sp³-hybridized carbons (Fsp3) is 0.600. The SMILES string of the molecule is CC(C)N1CCN(C(=O)Cc2ccc(NC(=O)OC(C)(C)C)cc2)CC1. The van der Waals surface area contributed by atoms with Crippen molar-refractivity contribution < 1.29 is 14.3 Å². The van der Waals surface area contributed by atoms with E-state index in [1.807, 2.05) is 37.8 Å². The number of carbonyl (C=O) groups is 2. The van der Waals surface area contributed by atoms with Crippen molar-refractivity contribution in [2.75, 3.05) is 31.5 Å². The second-order valence-electron chi connectivity index (χ2n) is 8.01. The molecule has 6 nitrogen and oxygen atoms in total. The molecule has 1 fully saturated rings. The molecule has 144 valence electrons. The van der Waals surface area contributed by atoms with Crippen molar-refractivity contribution >= 4 is 17.7 Å². The molecule has 6 heteroatoms. The maximum absolute atomic E-state index is 12.5. The Balaban J connectivity index is 1.83. The van der Waals surface area contributed by atoms with Crippen LogP contribution in [0.1, 0.15) is 40.2 Å². The van der Waals surface area contributed by atoms with Crippen LogP contribution in [0.4, 0.5) is 10.5 Å². The molecule has 2 rings (SSSR count). The molecular weight excluding hydrogens is 330 g/mol. The number of nitrogens with one attached hydrogen (secondary N) is 1. The maximum atomic E-state index is 12.5. The van der Waals surface area contributed by atoms with E-state index in [-0.39, 0.29) is 5.91 Å². The van der Waals surface area contributed by atoms with Crippen molar-refractivity contribution in [3.05, 3.63) is 29.8 Å². The number of hydrogen-bond acceptors (Lipinski definition) is 4. The maximum Gasteiger partial charge on any atom is 0.412 e. The van der Waals surface area contributed by atoms with E-state index in [1.165, 1.54) is 0 Å². The lowest BCUT2D eigenvalue weighted by molar-refractivity contribution is -0.132. The first-order valence-corrected chi connectivity index (χ1v) is 9.25. The van der Waals surface area contributed by atoms with Gasteiger partial charge >= 0.3 is 6.09 Å². The van der Waals surface area contributed by atoms with Gasteiger partial charge in [0.05, 0.1) is 6.42 Å². The third-order valence-electron chi connectivity index (χ3n) is 4.35. The van der Waals surface area contributed by atoms with E-state index in [1.54, 1.807) is 12.1 Å². The van der Waals surface area contributed by atoms with Crippen LogP contribution < -0.4 is 5.32 Å². The summed E-state index contributed by atoms with van der Waals surface area (Å²) in [5.41, 5.74) is 1.06. The lowest BCUT2D eigenvalue weighted by Crippen LogP contribution is -2.51. The highest BCUT2D eigenvalue weighted by molar-refractivity contribution is 5.85. The number of rotatable bonds is 4. The molecule has 0 aliphatic carbocycles. The van der Waals surface area contributed by atoms with E-state index in [0.29, 0.717) is 18.2 Å². The van der Waals surface area contributed by atoms with Crippen molar-refractivity contribution in [2.45, 2.75) is 52.7 Å². The second kappa shape index (κ2) is 8.54. The van der Waals surface area contributed by atoms with Crippen LogP contribution in [0, 0.1) is 0 Å². The summed E-state index contributed by atoms with van der Waals surface area (Å²) in [5, 5.41) is 2.70. The van der Waals surface area contributed by atoms with E-state index in [0.717, 1.165) is 31.7 Å². The first-order chi connectivity index (χ1) is 12.1. The van der Waals surface area contributed by atoms with E-state index in [4.69, 9.17) is 4.74 Å². The van der Waals surface area contributed by atoms with Crippen molar-refractivity contribution in [3.8, 4) is 0 Å². The zero-order valence-electron chi connectivity index (χ0n) is 16.5. The molecule has 26 heavy (non-hydrogen) atoms. The molecule has 0 aromatic heterocycles. The monoisotopic (exact) mass is 361 g/mol. The molecule has 0 radical (unpaired) electrons. The average Bonchev–Trinajstić information content (AvgIpc) is 2.55. The minimum absolute atomic E-state index is 0.154. The number of amides is 2. The number of anilines is 1. The van der Waals surface area contributed by atoms with Crippen LogP contribution in [0.15, 0.2) is 24.3 Å². The van der Waals surface area contributed by atoms with Gasteiger partial charge < -0.3 is 9.64 Å². The Morgan fingerprint density at radius 2 is 1.65 bits per heavy atom. The minimum Gasteiger partial charge on any atom is -0.444 e. The van der Waals surface area contributed by atoms with Crippen LogP contribution in [-0.2, 0) is 16.0 Å². The molecular formula is C20H31N3O3. The molecule has 0 spiro atoms. The molecule has 1 aromatic rings. The Morgan fingerprint density at radius 3 is 2.15 bits per heavy atom. The summed E-state index contributed by atoms with van der Waals surface area (Å²) in [4.78, 5) is 28.6. The highest BCUT2D eigenvalue weighted by Crippen LogP contribution is 2.14. The van der Waals surface area contributed by atoms with E-state index >= 15 is 0 Å². The van der Waals surface area contributed by atoms with Gasteiger partial charge in [-0.3, -0.25) is 15.0 Å². The fourth-order valence-electron chi connectivity index (χ4n) is 2.90. The third-order valence-corrected chi connectivity index (χ3v) is 4.35. The predicted octanol–water partition coefficient (Wildman–Crippen LogP) is 3.13. The van der Waals surface area contributed by atoms with Gasteiger partial charge in [0.15, 0.2) is 0 Å². The van der Waals surface area contributed by atoms with Crippen LogP contribution in [0.2, 0.25) is 0 Å². The Labute approximate surface area is 156 Å². The van der Waals surface area contributed by atoms with Gasteiger partial charge in [-0.15, -0.1) is 0 Å². The first-order valence-electron chi connectivity index (χ1n) is 9.25. The molecule has 1 aliphatic rings. The van der Waals surface area contributed by atoms with Gasteiger partial charge in [-0.25, -0.2) is 4.79 Å². The van der Waals surface area contributed by atoms with Crippen LogP contribution in [-0.4, -0.2) is 59.6 Å². The molecule has 1 heterocycles. The summed E-state index contributed by atoms with van der Waals surface area (Å²) in [6.07, 6.45) is -0.0988. The number of ether oxygens (including phenoxy) is 1. The zero-order chi connectivity index (χ0) is 19.3. The van der Waals surface area contributed by atoms with Crippen molar-refractivity contribution in [1.29, 1.82) is 0 Å². The molecule has 0 bridgehead atoms. The Kier molecular flexibility index (Phi) is 6.64. The van der Waals surface area contributed by atoms with Crippen LogP contribution >= 0.6 is 0 Å². The topological polar surface area (TPSA) is 61.9 Å². The molecule has 2 amide bonds. The Morgan fingerprint density at radius 1 is 1.08 bits per heavy atom. The highest BCUT2D eigenvalue weighted by Gasteiger charge is 2.22. The van der Waals surface area contributed by atoms with Crippen LogP contribution in [0.25, 0.3) is 0 Å². The predicted molar refractivity (Wildman–Crippen MR) is 103 cm³/mol. The normalized spacial score (nSPS) is 15.8. The van der Waals surface area contributed by atoms with Crippen molar-refractivity contribution in [1.82, 2.24) is 9.80 Å². The van der Waals surface area contributed by atoms with Crippen LogP contribution in [0.5, 0.6) is 0 Å². The molecule has 1 saturated heterocycles. The molecule has 0 atom stereocenters.